The number of likely N-dealkylation sites (tertiary alicyclic amines) is 1. The molecule has 1 fully saturated rings. The van der Waals surface area contributed by atoms with Crippen LogP contribution in [0.25, 0.3) is 0 Å². The van der Waals surface area contributed by atoms with E-state index in [1.54, 1.807) is 12.1 Å². The lowest BCUT2D eigenvalue weighted by Gasteiger charge is -2.21. The monoisotopic (exact) mass is 280 g/mol. The molecule has 2 rings (SSSR count). The summed E-state index contributed by atoms with van der Waals surface area (Å²) in [5.41, 5.74) is 0.882. The van der Waals surface area contributed by atoms with Crippen LogP contribution < -0.4 is 10.1 Å². The molecule has 1 aliphatic heterocycles. The fourth-order valence-electron chi connectivity index (χ4n) is 2.79. The number of hydrogen-bond donors (Lipinski definition) is 1. The SMILES string of the molecule is CNC(C)c1cc(F)ccc1OCCC1CCCN1C. The highest BCUT2D eigenvalue weighted by molar-refractivity contribution is 5.36. The van der Waals surface area contributed by atoms with Crippen molar-refractivity contribution < 1.29 is 9.13 Å². The van der Waals surface area contributed by atoms with Gasteiger partial charge in [0, 0.05) is 17.6 Å². The Bertz CT molecular complexity index is 438. The minimum Gasteiger partial charge on any atom is -0.493 e. The smallest absolute Gasteiger partial charge is 0.124 e. The maximum atomic E-state index is 13.4. The van der Waals surface area contributed by atoms with Crippen LogP contribution >= 0.6 is 0 Å². The molecule has 0 aromatic heterocycles. The van der Waals surface area contributed by atoms with Crippen molar-refractivity contribution in [1.29, 1.82) is 0 Å². The zero-order chi connectivity index (χ0) is 14.5. The van der Waals surface area contributed by atoms with Gasteiger partial charge in [0.05, 0.1) is 6.61 Å². The highest BCUT2D eigenvalue weighted by atomic mass is 19.1. The van der Waals surface area contributed by atoms with Crippen LogP contribution in [-0.2, 0) is 0 Å². The van der Waals surface area contributed by atoms with Gasteiger partial charge in [0.2, 0.25) is 0 Å². The van der Waals surface area contributed by atoms with Crippen LogP contribution in [0.4, 0.5) is 4.39 Å². The van der Waals surface area contributed by atoms with Crippen LogP contribution in [0, 0.1) is 5.82 Å². The van der Waals surface area contributed by atoms with Crippen molar-refractivity contribution in [3.8, 4) is 5.75 Å². The number of rotatable bonds is 6. The Morgan fingerprint density at radius 1 is 1.50 bits per heavy atom. The van der Waals surface area contributed by atoms with Gasteiger partial charge in [-0.05, 0) is 65.0 Å². The first-order chi connectivity index (χ1) is 9.61. The van der Waals surface area contributed by atoms with E-state index in [0.717, 1.165) is 17.7 Å². The molecule has 1 aromatic carbocycles. The van der Waals surface area contributed by atoms with Gasteiger partial charge in [-0.3, -0.25) is 0 Å². The zero-order valence-electron chi connectivity index (χ0n) is 12.7. The maximum Gasteiger partial charge on any atom is 0.124 e. The van der Waals surface area contributed by atoms with E-state index in [9.17, 15) is 4.39 Å². The summed E-state index contributed by atoms with van der Waals surface area (Å²) in [6, 6.07) is 5.45. The van der Waals surface area contributed by atoms with E-state index < -0.39 is 0 Å². The summed E-state index contributed by atoms with van der Waals surface area (Å²) in [6.45, 7) is 3.87. The molecule has 1 aliphatic rings. The van der Waals surface area contributed by atoms with Crippen LogP contribution in [0.2, 0.25) is 0 Å². The van der Waals surface area contributed by atoms with E-state index in [0.29, 0.717) is 12.6 Å². The number of benzene rings is 1. The Balaban J connectivity index is 1.94. The van der Waals surface area contributed by atoms with Crippen LogP contribution in [0.3, 0.4) is 0 Å². The molecule has 2 atom stereocenters. The van der Waals surface area contributed by atoms with E-state index >= 15 is 0 Å². The van der Waals surface area contributed by atoms with Gasteiger partial charge in [0.15, 0.2) is 0 Å². The van der Waals surface area contributed by atoms with Crippen LogP contribution in [-0.4, -0.2) is 38.2 Å². The van der Waals surface area contributed by atoms with Gasteiger partial charge in [0.1, 0.15) is 11.6 Å². The molecule has 20 heavy (non-hydrogen) atoms. The second-order valence-corrected chi connectivity index (χ2v) is 5.61. The van der Waals surface area contributed by atoms with Gasteiger partial charge in [-0.15, -0.1) is 0 Å². The third-order valence-corrected chi connectivity index (χ3v) is 4.25. The minimum absolute atomic E-state index is 0.0786. The summed E-state index contributed by atoms with van der Waals surface area (Å²) in [5.74, 6) is 0.568. The Hall–Kier alpha value is -1.13. The number of nitrogens with zero attached hydrogens (tertiary/aromatic N) is 1. The first kappa shape index (κ1) is 15.3. The third kappa shape index (κ3) is 3.70. The molecule has 1 saturated heterocycles. The molecule has 1 N–H and O–H groups in total. The molecule has 1 heterocycles. The normalized spacial score (nSPS) is 21.1. The molecule has 4 heteroatoms. The largest absolute Gasteiger partial charge is 0.493 e. The minimum atomic E-state index is -0.218. The second-order valence-electron chi connectivity index (χ2n) is 5.61. The molecule has 0 spiro atoms. The fourth-order valence-corrected chi connectivity index (χ4v) is 2.79. The molecular formula is C16H25FN2O. The van der Waals surface area contributed by atoms with Crippen molar-refractivity contribution in [2.75, 3.05) is 27.2 Å². The Labute approximate surface area is 121 Å². The van der Waals surface area contributed by atoms with E-state index in [4.69, 9.17) is 4.74 Å². The fraction of sp³-hybridized carbons (Fsp3) is 0.625. The molecule has 0 amide bonds. The van der Waals surface area contributed by atoms with Gasteiger partial charge in [-0.2, -0.15) is 0 Å². The van der Waals surface area contributed by atoms with Crippen molar-refractivity contribution in [2.24, 2.45) is 0 Å². The number of halogens is 1. The van der Waals surface area contributed by atoms with Gasteiger partial charge in [-0.1, -0.05) is 0 Å². The van der Waals surface area contributed by atoms with Crippen LogP contribution in [0.5, 0.6) is 5.75 Å². The van der Waals surface area contributed by atoms with Gasteiger partial charge in [-0.25, -0.2) is 4.39 Å². The molecule has 0 aliphatic carbocycles. The topological polar surface area (TPSA) is 24.5 Å². The Morgan fingerprint density at radius 3 is 2.95 bits per heavy atom. The van der Waals surface area contributed by atoms with Crippen LogP contribution in [0.1, 0.15) is 37.8 Å². The average Bonchev–Trinajstić information content (AvgIpc) is 2.85. The molecule has 0 bridgehead atoms. The average molecular weight is 280 g/mol. The number of hydrogen-bond acceptors (Lipinski definition) is 3. The summed E-state index contributed by atoms with van der Waals surface area (Å²) < 4.78 is 19.3. The Kier molecular flexibility index (Phi) is 5.38. The highest BCUT2D eigenvalue weighted by Crippen LogP contribution is 2.26. The van der Waals surface area contributed by atoms with E-state index in [1.165, 1.54) is 25.5 Å². The summed E-state index contributed by atoms with van der Waals surface area (Å²) in [4.78, 5) is 2.39. The standard InChI is InChI=1S/C16H25FN2O/c1-12(18-2)15-11-13(17)6-7-16(15)20-10-8-14-5-4-9-19(14)3/h6-7,11-12,14,18H,4-5,8-10H2,1-3H3. The molecule has 0 saturated carbocycles. The van der Waals surface area contributed by atoms with E-state index in [2.05, 4.69) is 17.3 Å². The van der Waals surface area contributed by atoms with E-state index in [-0.39, 0.29) is 11.9 Å². The van der Waals surface area contributed by atoms with Gasteiger partial charge in [0.25, 0.3) is 0 Å². The second kappa shape index (κ2) is 7.04. The summed E-state index contributed by atoms with van der Waals surface area (Å²) >= 11 is 0. The molecule has 112 valence electrons. The predicted molar refractivity (Wildman–Crippen MR) is 79.6 cm³/mol. The summed E-state index contributed by atoms with van der Waals surface area (Å²) in [5, 5.41) is 3.13. The van der Waals surface area contributed by atoms with Gasteiger partial charge >= 0.3 is 0 Å². The lowest BCUT2D eigenvalue weighted by molar-refractivity contribution is 0.231. The van der Waals surface area contributed by atoms with Crippen molar-refractivity contribution in [1.82, 2.24) is 10.2 Å². The molecular weight excluding hydrogens is 255 g/mol. The number of nitrogens with one attached hydrogen (secondary N) is 1. The highest BCUT2D eigenvalue weighted by Gasteiger charge is 2.20. The molecule has 2 unspecified atom stereocenters. The third-order valence-electron chi connectivity index (χ3n) is 4.25. The molecule has 3 nitrogen and oxygen atoms in total. The van der Waals surface area contributed by atoms with Crippen molar-refractivity contribution in [3.05, 3.63) is 29.6 Å². The van der Waals surface area contributed by atoms with Gasteiger partial charge < -0.3 is 15.0 Å². The predicted octanol–water partition coefficient (Wildman–Crippen LogP) is 2.97. The van der Waals surface area contributed by atoms with Crippen molar-refractivity contribution in [2.45, 2.75) is 38.3 Å². The van der Waals surface area contributed by atoms with E-state index in [1.807, 2.05) is 14.0 Å². The summed E-state index contributed by atoms with van der Waals surface area (Å²) in [7, 11) is 4.04. The lowest BCUT2D eigenvalue weighted by Crippen LogP contribution is -2.26. The first-order valence-electron chi connectivity index (χ1n) is 7.41. The quantitative estimate of drug-likeness (QED) is 0.867. The van der Waals surface area contributed by atoms with Crippen molar-refractivity contribution in [3.63, 3.8) is 0 Å². The maximum absolute atomic E-state index is 13.4. The molecule has 0 radical (unpaired) electrons. The lowest BCUT2D eigenvalue weighted by atomic mass is 10.1. The molecule has 1 aromatic rings. The van der Waals surface area contributed by atoms with Crippen LogP contribution in [0.15, 0.2) is 18.2 Å². The number of ether oxygens (including phenoxy) is 1. The first-order valence-corrected chi connectivity index (χ1v) is 7.41. The van der Waals surface area contributed by atoms with Crippen molar-refractivity contribution >= 4 is 0 Å². The summed E-state index contributed by atoms with van der Waals surface area (Å²) in [6.07, 6.45) is 3.56. The Morgan fingerprint density at radius 2 is 2.30 bits per heavy atom. The zero-order valence-corrected chi connectivity index (χ0v) is 12.7.